The number of β-amino-alcohol motifs (C(OH)–C–C–N with tert-alkyl or cyclic N) is 1. The minimum absolute atomic E-state index is 0.0252. The summed E-state index contributed by atoms with van der Waals surface area (Å²) >= 11 is 5.97. The van der Waals surface area contributed by atoms with Gasteiger partial charge in [-0.1, -0.05) is 48.9 Å². The molecule has 0 saturated carbocycles. The fourth-order valence-electron chi connectivity index (χ4n) is 6.43. The molecule has 9 heteroatoms. The van der Waals surface area contributed by atoms with Gasteiger partial charge >= 0.3 is 0 Å². The van der Waals surface area contributed by atoms with Gasteiger partial charge in [-0.15, -0.1) is 0 Å². The van der Waals surface area contributed by atoms with Crippen LogP contribution < -0.4 is 10.6 Å². The molecule has 36 heavy (non-hydrogen) atoms. The third-order valence-electron chi connectivity index (χ3n) is 8.11. The summed E-state index contributed by atoms with van der Waals surface area (Å²) in [6.45, 7) is 3.86. The van der Waals surface area contributed by atoms with Gasteiger partial charge in [0.05, 0.1) is 24.0 Å². The molecule has 3 amide bonds. The Balaban J connectivity index is 1.47. The molecule has 3 saturated heterocycles. The summed E-state index contributed by atoms with van der Waals surface area (Å²) in [7, 11) is 0. The summed E-state index contributed by atoms with van der Waals surface area (Å²) in [5.74, 6) is -2.65. The molecule has 2 bridgehead atoms. The Morgan fingerprint density at radius 3 is 2.50 bits per heavy atom. The SMILES string of the molecule is CC1CC23O[C@]1(C)[C@@H](C(=O)NCc1ccccc1)[C@H]2C(=O)N(CCO)C3C(=O)Nc1ccc(Cl)cc1. The van der Waals surface area contributed by atoms with E-state index < -0.39 is 35.0 Å². The van der Waals surface area contributed by atoms with Gasteiger partial charge in [-0.25, -0.2) is 0 Å². The number of halogens is 1. The Labute approximate surface area is 215 Å². The highest BCUT2D eigenvalue weighted by molar-refractivity contribution is 6.30. The van der Waals surface area contributed by atoms with Crippen LogP contribution in [0.15, 0.2) is 54.6 Å². The lowest BCUT2D eigenvalue weighted by Crippen LogP contribution is -2.54. The van der Waals surface area contributed by atoms with Gasteiger partial charge in [0.25, 0.3) is 0 Å². The van der Waals surface area contributed by atoms with E-state index in [1.54, 1.807) is 24.3 Å². The van der Waals surface area contributed by atoms with Gasteiger partial charge in [-0.05, 0) is 49.1 Å². The normalized spacial score (nSPS) is 32.4. The first-order valence-electron chi connectivity index (χ1n) is 12.2. The zero-order valence-corrected chi connectivity index (χ0v) is 21.0. The lowest BCUT2D eigenvalue weighted by atomic mass is 9.62. The van der Waals surface area contributed by atoms with Crippen LogP contribution in [0.1, 0.15) is 25.8 Å². The number of nitrogens with zero attached hydrogens (tertiary/aromatic N) is 1. The quantitative estimate of drug-likeness (QED) is 0.529. The summed E-state index contributed by atoms with van der Waals surface area (Å²) in [6.07, 6.45) is 0.461. The Hall–Kier alpha value is -2.94. The van der Waals surface area contributed by atoms with E-state index in [2.05, 4.69) is 10.6 Å². The minimum Gasteiger partial charge on any atom is -0.395 e. The molecule has 3 aliphatic heterocycles. The number of carbonyl (C=O) groups is 3. The van der Waals surface area contributed by atoms with Crippen LogP contribution in [0.2, 0.25) is 5.02 Å². The first-order chi connectivity index (χ1) is 17.2. The van der Waals surface area contributed by atoms with Crippen molar-refractivity contribution >= 4 is 35.0 Å². The van der Waals surface area contributed by atoms with Crippen LogP contribution in [0, 0.1) is 17.8 Å². The number of benzene rings is 2. The fraction of sp³-hybridized carbons (Fsp3) is 0.444. The molecule has 3 unspecified atom stereocenters. The molecular weight excluding hydrogens is 482 g/mol. The molecule has 1 spiro atoms. The predicted molar refractivity (Wildman–Crippen MR) is 134 cm³/mol. The lowest BCUT2D eigenvalue weighted by Gasteiger charge is -2.36. The van der Waals surface area contributed by atoms with Crippen LogP contribution >= 0.6 is 11.6 Å². The van der Waals surface area contributed by atoms with E-state index in [9.17, 15) is 19.5 Å². The van der Waals surface area contributed by atoms with Crippen LogP contribution in [0.4, 0.5) is 5.69 Å². The van der Waals surface area contributed by atoms with Crippen molar-refractivity contribution in [3.63, 3.8) is 0 Å². The number of fused-ring (bicyclic) bond motifs is 1. The van der Waals surface area contributed by atoms with E-state index in [1.165, 1.54) is 4.90 Å². The Kier molecular flexibility index (Phi) is 6.31. The van der Waals surface area contributed by atoms with Gasteiger partial charge in [0.2, 0.25) is 17.7 Å². The highest BCUT2D eigenvalue weighted by atomic mass is 35.5. The van der Waals surface area contributed by atoms with Crippen molar-refractivity contribution in [3.05, 3.63) is 65.2 Å². The average Bonchev–Trinajstić information content (AvgIpc) is 3.37. The molecule has 5 rings (SSSR count). The van der Waals surface area contributed by atoms with Gasteiger partial charge in [0, 0.05) is 23.8 Å². The van der Waals surface area contributed by atoms with Gasteiger partial charge in [0.15, 0.2) is 0 Å². The molecule has 0 aliphatic carbocycles. The number of rotatable bonds is 7. The van der Waals surface area contributed by atoms with Crippen molar-refractivity contribution in [2.24, 2.45) is 17.8 Å². The average molecular weight is 512 g/mol. The van der Waals surface area contributed by atoms with Crippen LogP contribution in [0.3, 0.4) is 0 Å². The van der Waals surface area contributed by atoms with E-state index in [1.807, 2.05) is 44.2 Å². The number of aliphatic hydroxyl groups is 1. The van der Waals surface area contributed by atoms with Gasteiger partial charge in [-0.3, -0.25) is 14.4 Å². The predicted octanol–water partition coefficient (Wildman–Crippen LogP) is 2.60. The second-order valence-electron chi connectivity index (χ2n) is 10.2. The molecule has 3 N–H and O–H groups in total. The lowest BCUT2D eigenvalue weighted by molar-refractivity contribution is -0.146. The summed E-state index contributed by atoms with van der Waals surface area (Å²) in [6, 6.07) is 15.3. The molecule has 2 aromatic rings. The third kappa shape index (κ3) is 3.79. The molecule has 190 valence electrons. The Morgan fingerprint density at radius 1 is 1.14 bits per heavy atom. The van der Waals surface area contributed by atoms with Crippen LogP contribution in [-0.2, 0) is 25.7 Å². The molecule has 0 radical (unpaired) electrons. The maximum Gasteiger partial charge on any atom is 0.250 e. The number of carbonyl (C=O) groups excluding carboxylic acids is 3. The Morgan fingerprint density at radius 2 is 1.83 bits per heavy atom. The maximum atomic E-state index is 13.8. The van der Waals surface area contributed by atoms with Crippen molar-refractivity contribution < 1.29 is 24.2 Å². The first kappa shape index (κ1) is 24.7. The second kappa shape index (κ2) is 9.18. The van der Waals surface area contributed by atoms with E-state index in [-0.39, 0.29) is 30.9 Å². The van der Waals surface area contributed by atoms with Crippen molar-refractivity contribution in [1.82, 2.24) is 10.2 Å². The largest absolute Gasteiger partial charge is 0.395 e. The second-order valence-corrected chi connectivity index (χ2v) is 10.6. The van der Waals surface area contributed by atoms with Crippen molar-refractivity contribution in [2.45, 2.75) is 44.1 Å². The fourth-order valence-corrected chi connectivity index (χ4v) is 6.55. The van der Waals surface area contributed by atoms with E-state index in [4.69, 9.17) is 16.3 Å². The number of anilines is 1. The summed E-state index contributed by atoms with van der Waals surface area (Å²) in [5.41, 5.74) is -0.580. The number of hydrogen-bond acceptors (Lipinski definition) is 5. The molecule has 3 aliphatic rings. The van der Waals surface area contributed by atoms with E-state index in [0.717, 1.165) is 5.56 Å². The molecule has 0 aromatic heterocycles. The summed E-state index contributed by atoms with van der Waals surface area (Å²) in [4.78, 5) is 42.4. The number of aliphatic hydroxyl groups excluding tert-OH is 1. The van der Waals surface area contributed by atoms with Crippen LogP contribution in [0.25, 0.3) is 0 Å². The Bertz CT molecular complexity index is 1180. The monoisotopic (exact) mass is 511 g/mol. The van der Waals surface area contributed by atoms with Gasteiger partial charge < -0.3 is 25.4 Å². The third-order valence-corrected chi connectivity index (χ3v) is 8.36. The van der Waals surface area contributed by atoms with E-state index in [0.29, 0.717) is 23.7 Å². The highest BCUT2D eigenvalue weighted by Crippen LogP contribution is 2.65. The number of amides is 3. The number of nitrogens with one attached hydrogen (secondary N) is 2. The van der Waals surface area contributed by atoms with Crippen molar-refractivity contribution in [3.8, 4) is 0 Å². The summed E-state index contributed by atoms with van der Waals surface area (Å²) < 4.78 is 6.62. The van der Waals surface area contributed by atoms with Crippen LogP contribution in [-0.4, -0.2) is 58.1 Å². The topological polar surface area (TPSA) is 108 Å². The first-order valence-corrected chi connectivity index (χ1v) is 12.6. The smallest absolute Gasteiger partial charge is 0.250 e. The number of ether oxygens (including phenoxy) is 1. The van der Waals surface area contributed by atoms with Crippen molar-refractivity contribution in [2.75, 3.05) is 18.5 Å². The summed E-state index contributed by atoms with van der Waals surface area (Å²) in [5, 5.41) is 16.1. The molecular formula is C27H30ClN3O5. The van der Waals surface area contributed by atoms with Gasteiger partial charge in [0.1, 0.15) is 11.6 Å². The maximum absolute atomic E-state index is 13.8. The van der Waals surface area contributed by atoms with E-state index >= 15 is 0 Å². The highest BCUT2D eigenvalue weighted by Gasteiger charge is 2.79. The minimum atomic E-state index is -1.16. The molecule has 3 fully saturated rings. The molecule has 6 atom stereocenters. The zero-order chi connectivity index (χ0) is 25.7. The number of likely N-dealkylation sites (tertiary alicyclic amines) is 1. The molecule has 2 aromatic carbocycles. The number of hydrogen-bond donors (Lipinski definition) is 3. The molecule has 8 nitrogen and oxygen atoms in total. The van der Waals surface area contributed by atoms with Gasteiger partial charge in [-0.2, -0.15) is 0 Å². The zero-order valence-electron chi connectivity index (χ0n) is 20.2. The van der Waals surface area contributed by atoms with Crippen LogP contribution in [0.5, 0.6) is 0 Å². The molecule has 3 heterocycles. The van der Waals surface area contributed by atoms with Crippen molar-refractivity contribution in [1.29, 1.82) is 0 Å². The standard InChI is InChI=1S/C27H30ClN3O5/c1-16-14-27-21(20(26(16,2)36-27)23(33)29-15-17-6-4-3-5-7-17)25(35)31(12-13-32)22(27)24(34)30-19-10-8-18(28)9-11-19/h3-11,16,20-22,32H,12-15H2,1-2H3,(H,29,33)(H,30,34)/t16?,20-,21+,22?,26+,27?/m1/s1.